The molecule has 330 valence electrons. The maximum atomic E-state index is 10.8. The topological polar surface area (TPSA) is 320 Å². The van der Waals surface area contributed by atoms with Crippen LogP contribution in [-0.2, 0) is 19.5 Å². The number of hydrogen-bond acceptors (Lipinski definition) is 17. The molecule has 6 heterocycles. The van der Waals surface area contributed by atoms with Gasteiger partial charge in [-0.05, 0) is 115 Å². The molecule has 0 aliphatic heterocycles. The molecule has 0 amide bonds. The summed E-state index contributed by atoms with van der Waals surface area (Å²) >= 11 is 16.5. The molecule has 0 aromatic carbocycles. The molecular weight excluding hydrogens is 942 g/mol. The largest absolute Gasteiger partial charge is 2.00 e. The molecule has 6 aromatic rings. The SMILES string of the molecule is CC(=O)c1ncc(C)c(C)n1.Cc1c[nH]c(=O)[nH]c1=O.Cc1cnc(C#N)nc1C.Cc1cnc(C(=O)O)nc1C.Cc1cnc(Cl)nc1C.Cc1cnc(Cl)nc1Cl.[C-]#N.[C-]#N.[Zn+2]. The molecule has 0 spiro atoms. The van der Waals surface area contributed by atoms with Gasteiger partial charge in [0.2, 0.25) is 22.2 Å². The number of carboxylic acid groups (broad SMARTS) is 1. The molecule has 0 aliphatic carbocycles. The number of nitriles is 1. The number of aromatic amines is 2. The number of carboxylic acids is 1. The number of halogens is 3. The van der Waals surface area contributed by atoms with E-state index in [9.17, 15) is 19.2 Å². The van der Waals surface area contributed by atoms with Crippen LogP contribution in [0.4, 0.5) is 0 Å². The Morgan fingerprint density at radius 1 is 0.594 bits per heavy atom. The van der Waals surface area contributed by atoms with Crippen LogP contribution < -0.4 is 11.2 Å². The second-order valence-electron chi connectivity index (χ2n) is 12.1. The minimum absolute atomic E-state index is 0. The summed E-state index contributed by atoms with van der Waals surface area (Å²) in [6, 6.07) is 1.87. The molecule has 0 radical (unpaired) electrons. The molecule has 0 saturated carbocycles. The molecule has 24 heteroatoms. The van der Waals surface area contributed by atoms with E-state index in [0.29, 0.717) is 27.5 Å². The van der Waals surface area contributed by atoms with Crippen LogP contribution in [0.1, 0.15) is 90.1 Å². The fourth-order valence-corrected chi connectivity index (χ4v) is 3.77. The van der Waals surface area contributed by atoms with Gasteiger partial charge in [-0.15, -0.1) is 0 Å². The van der Waals surface area contributed by atoms with E-state index in [1.807, 2.05) is 61.5 Å². The number of ketones is 1. The first-order valence-corrected chi connectivity index (χ1v) is 18.6. The number of aromatic nitrogens is 12. The predicted molar refractivity (Wildman–Crippen MR) is 232 cm³/mol. The summed E-state index contributed by atoms with van der Waals surface area (Å²) in [4.78, 5) is 84.5. The summed E-state index contributed by atoms with van der Waals surface area (Å²) in [5.74, 6) is -0.787. The molecule has 0 saturated heterocycles. The third-order valence-electron chi connectivity index (χ3n) is 7.36. The van der Waals surface area contributed by atoms with Gasteiger partial charge in [0.1, 0.15) is 11.2 Å². The van der Waals surface area contributed by atoms with Crippen LogP contribution >= 0.6 is 34.8 Å². The number of nitrogens with one attached hydrogen (secondary N) is 2. The standard InChI is InChI=1S/C8H10N2O.C7H7N3.C7H8N2O2.C6H7ClN2.C5H4Cl2N2.C5H6N2O2.2CN.Zn/c1-5-4-9-8(7(3)11)10-6(5)2;1-5-4-9-7(3-8)10-6(5)2;1-4-3-8-6(7(10)11)9-5(4)2;1-4-3-8-6(7)9-5(4)2;1-3-2-8-5(7)9-4(3)6;1-3-2-6-5(9)7-4(3)8;2*1-2;/h4H,1-3H3;4H,1-2H3;3H,1-2H3,(H,10,11);3H,1-2H3;2H,1H3;2H,1H3,(H2,6,7,8,9);;;/q;;;;;;2*-1;+2. The Balaban J connectivity index is -0.000000685. The Morgan fingerprint density at radius 2 is 0.984 bits per heavy atom. The zero-order chi connectivity index (χ0) is 49.0. The maximum Gasteiger partial charge on any atom is 2.00 e. The van der Waals surface area contributed by atoms with E-state index in [1.54, 1.807) is 38.6 Å². The van der Waals surface area contributed by atoms with E-state index in [1.165, 1.54) is 19.3 Å². The summed E-state index contributed by atoms with van der Waals surface area (Å²) in [6.07, 6.45) is 9.50. The van der Waals surface area contributed by atoms with Crippen LogP contribution in [0.5, 0.6) is 0 Å². The maximum absolute atomic E-state index is 10.8. The average molecular weight is 985 g/mol. The Hall–Kier alpha value is -6.82. The van der Waals surface area contributed by atoms with Gasteiger partial charge in [0.25, 0.3) is 5.56 Å². The van der Waals surface area contributed by atoms with Crippen molar-refractivity contribution < 1.29 is 34.2 Å². The molecule has 3 N–H and O–H groups in total. The van der Waals surface area contributed by atoms with Crippen molar-refractivity contribution in [2.45, 2.75) is 76.2 Å². The van der Waals surface area contributed by atoms with Crippen molar-refractivity contribution >= 4 is 46.6 Å². The second-order valence-corrected chi connectivity index (χ2v) is 13.2. The molecule has 6 aromatic heterocycles. The Kier molecular flexibility index (Phi) is 31.5. The number of nitrogens with zero attached hydrogens (tertiary/aromatic N) is 13. The van der Waals surface area contributed by atoms with E-state index in [0.717, 1.165) is 44.9 Å². The first-order chi connectivity index (χ1) is 29.5. The normalized spacial score (nSPS) is 8.83. The summed E-state index contributed by atoms with van der Waals surface area (Å²) in [5, 5.41) is 30.3. The van der Waals surface area contributed by atoms with Crippen molar-refractivity contribution in [3.05, 3.63) is 161 Å². The number of rotatable bonds is 2. The number of aryl methyl sites for hydroxylation is 10. The van der Waals surface area contributed by atoms with Gasteiger partial charge in [-0.2, -0.15) is 5.26 Å². The second kappa shape index (κ2) is 32.8. The Bertz CT molecular complexity index is 2540. The third-order valence-corrected chi connectivity index (χ3v) is 8.11. The molecule has 64 heavy (non-hydrogen) atoms. The Morgan fingerprint density at radius 3 is 1.33 bits per heavy atom. The fourth-order valence-electron chi connectivity index (χ4n) is 3.29. The van der Waals surface area contributed by atoms with Crippen LogP contribution in [0.3, 0.4) is 0 Å². The van der Waals surface area contributed by atoms with Crippen molar-refractivity contribution in [2.24, 2.45) is 0 Å². The van der Waals surface area contributed by atoms with Crippen LogP contribution in [0.15, 0.2) is 46.8 Å². The minimum Gasteiger partial charge on any atom is -0.512 e. The van der Waals surface area contributed by atoms with Crippen molar-refractivity contribution in [3.63, 3.8) is 0 Å². The zero-order valence-electron chi connectivity index (χ0n) is 36.7. The molecule has 6 rings (SSSR count). The predicted octanol–water partition coefficient (Wildman–Crippen LogP) is 6.45. The Labute approximate surface area is 397 Å². The molecule has 0 unspecified atom stereocenters. The van der Waals surface area contributed by atoms with Gasteiger partial charge in [0.15, 0.2) is 11.6 Å². The number of carbonyl (C=O) groups is 2. The molecule has 0 atom stereocenters. The molecule has 0 aliphatic rings. The first kappa shape index (κ1) is 61.5. The van der Waals surface area contributed by atoms with Crippen molar-refractivity contribution in [3.8, 4) is 6.07 Å². The minimum atomic E-state index is -1.09. The summed E-state index contributed by atoms with van der Waals surface area (Å²) in [5.41, 5.74) is 7.91. The number of Topliss-reactive ketones (excluding diaryl/α,β-unsaturated/α-hetero) is 1. The fraction of sp³-hybridized carbons (Fsp3) is 0.275. The number of H-pyrrole nitrogens is 2. The van der Waals surface area contributed by atoms with E-state index in [-0.39, 0.29) is 47.8 Å². The van der Waals surface area contributed by atoms with Gasteiger partial charge in [-0.25, -0.2) is 59.4 Å². The number of aromatic carboxylic acids is 1. The smallest absolute Gasteiger partial charge is 0.512 e. The van der Waals surface area contributed by atoms with Crippen molar-refractivity contribution in [2.75, 3.05) is 0 Å². The summed E-state index contributed by atoms with van der Waals surface area (Å²) in [7, 11) is 0. The van der Waals surface area contributed by atoms with Crippen LogP contribution in [-0.4, -0.2) is 76.7 Å². The van der Waals surface area contributed by atoms with E-state index < -0.39 is 11.7 Å². The summed E-state index contributed by atoms with van der Waals surface area (Å²) in [6.45, 7) is 29.4. The quantitative estimate of drug-likeness (QED) is 0.0551. The van der Waals surface area contributed by atoms with Gasteiger partial charge in [0.05, 0.1) is 0 Å². The van der Waals surface area contributed by atoms with Gasteiger partial charge in [-0.3, -0.25) is 14.6 Å². The van der Waals surface area contributed by atoms with Gasteiger partial charge in [0, 0.05) is 78.0 Å². The van der Waals surface area contributed by atoms with Crippen LogP contribution in [0.2, 0.25) is 15.7 Å². The van der Waals surface area contributed by atoms with Gasteiger partial charge in [-0.1, -0.05) is 11.6 Å². The molecule has 20 nitrogen and oxygen atoms in total. The third kappa shape index (κ3) is 24.6. The zero-order valence-corrected chi connectivity index (χ0v) is 41.9. The van der Waals surface area contributed by atoms with Gasteiger partial charge >= 0.3 is 31.1 Å². The average Bonchev–Trinajstić information content (AvgIpc) is 3.25. The van der Waals surface area contributed by atoms with Crippen molar-refractivity contribution in [1.82, 2.24) is 59.8 Å². The number of hydrogen-bond donors (Lipinski definition) is 3. The first-order valence-electron chi connectivity index (χ1n) is 17.4. The summed E-state index contributed by atoms with van der Waals surface area (Å²) < 4.78 is 0. The van der Waals surface area contributed by atoms with E-state index in [2.05, 4.69) is 59.8 Å². The van der Waals surface area contributed by atoms with Crippen molar-refractivity contribution in [1.29, 1.82) is 15.8 Å². The number of carbonyl (C=O) groups excluding carboxylic acids is 1. The molecule has 0 bridgehead atoms. The molecule has 0 fully saturated rings. The monoisotopic (exact) mass is 981 g/mol. The van der Waals surface area contributed by atoms with E-state index in [4.69, 9.17) is 68.8 Å². The van der Waals surface area contributed by atoms with E-state index >= 15 is 0 Å². The van der Waals surface area contributed by atoms with Crippen LogP contribution in [0.25, 0.3) is 0 Å². The van der Waals surface area contributed by atoms with Gasteiger partial charge < -0.3 is 33.8 Å². The van der Waals surface area contributed by atoms with Crippen LogP contribution in [0, 0.1) is 104 Å². The molecular formula is C40H42Cl3N15O5Zn.